The molecule has 0 bridgehead atoms. The van der Waals surface area contributed by atoms with Gasteiger partial charge in [-0.05, 0) is 42.0 Å². The first-order valence-electron chi connectivity index (χ1n) is 6.78. The molecule has 1 saturated heterocycles. The lowest BCUT2D eigenvalue weighted by atomic mass is 10.1. The molecular weight excluding hydrogens is 322 g/mol. The largest absolute Gasteiger partial charge is 0.375 e. The molecule has 0 saturated carbocycles. The lowest BCUT2D eigenvalue weighted by Crippen LogP contribution is -2.41. The molecule has 108 valence electrons. The maximum Gasteiger partial charge on any atom is 0.246 e. The number of benzene rings is 1. The Hall–Kier alpha value is -1.11. The molecule has 1 fully saturated rings. The summed E-state index contributed by atoms with van der Waals surface area (Å²) in [5.41, 5.74) is 3.00. The number of fused-ring (bicyclic) bond motifs is 1. The van der Waals surface area contributed by atoms with Crippen molar-refractivity contribution in [1.82, 2.24) is 5.32 Å². The average Bonchev–Trinajstić information content (AvgIpc) is 2.72. The number of ether oxygens (including phenoxy) is 1. The second kappa shape index (κ2) is 5.35. The Balaban J connectivity index is 1.95. The van der Waals surface area contributed by atoms with Crippen LogP contribution in [0, 0.1) is 0 Å². The van der Waals surface area contributed by atoms with Crippen LogP contribution in [0.1, 0.15) is 18.5 Å². The first-order chi connectivity index (χ1) is 9.60. The van der Waals surface area contributed by atoms with Crippen molar-refractivity contribution >= 4 is 33.2 Å². The van der Waals surface area contributed by atoms with Crippen LogP contribution in [0.25, 0.3) is 0 Å². The molecule has 1 aromatic rings. The number of anilines is 2. The molecule has 2 aliphatic heterocycles. The SMILES string of the molecule is CNC1C(=O)Nc2cc(N3CCOC(C)C3)c(Br)cc21. The number of hydrogen-bond acceptors (Lipinski definition) is 4. The number of nitrogens with one attached hydrogen (secondary N) is 2. The third-order valence-electron chi connectivity index (χ3n) is 3.82. The van der Waals surface area contributed by atoms with Gasteiger partial charge < -0.3 is 20.3 Å². The summed E-state index contributed by atoms with van der Waals surface area (Å²) in [4.78, 5) is 14.2. The molecule has 1 aromatic carbocycles. The van der Waals surface area contributed by atoms with E-state index in [1.807, 2.05) is 12.1 Å². The molecule has 2 heterocycles. The number of rotatable bonds is 2. The van der Waals surface area contributed by atoms with Gasteiger partial charge in [0.15, 0.2) is 0 Å². The zero-order valence-electron chi connectivity index (χ0n) is 11.6. The first-order valence-corrected chi connectivity index (χ1v) is 7.57. The van der Waals surface area contributed by atoms with E-state index >= 15 is 0 Å². The fourth-order valence-electron chi connectivity index (χ4n) is 2.84. The van der Waals surface area contributed by atoms with E-state index in [2.05, 4.69) is 38.4 Å². The molecule has 2 aliphatic rings. The summed E-state index contributed by atoms with van der Waals surface area (Å²) in [5.74, 6) is 0.00176. The van der Waals surface area contributed by atoms with Crippen molar-refractivity contribution in [2.75, 3.05) is 37.0 Å². The highest BCUT2D eigenvalue weighted by Crippen LogP contribution is 2.39. The van der Waals surface area contributed by atoms with Crippen molar-refractivity contribution in [1.29, 1.82) is 0 Å². The molecule has 2 unspecified atom stereocenters. The van der Waals surface area contributed by atoms with Crippen molar-refractivity contribution in [2.45, 2.75) is 19.1 Å². The number of carbonyl (C=O) groups is 1. The minimum absolute atomic E-state index is 0.00176. The standard InChI is InChI=1S/C14H18BrN3O2/c1-8-7-18(3-4-20-8)12-6-11-9(5-10(12)15)13(16-2)14(19)17-11/h5-6,8,13,16H,3-4,7H2,1-2H3,(H,17,19). The molecule has 2 atom stereocenters. The number of hydrogen-bond donors (Lipinski definition) is 2. The Bertz CT molecular complexity index is 549. The highest BCUT2D eigenvalue weighted by atomic mass is 79.9. The molecule has 1 amide bonds. The van der Waals surface area contributed by atoms with Gasteiger partial charge in [-0.25, -0.2) is 0 Å². The van der Waals surface area contributed by atoms with E-state index in [1.54, 1.807) is 7.05 Å². The summed E-state index contributed by atoms with van der Waals surface area (Å²) >= 11 is 3.63. The highest BCUT2D eigenvalue weighted by Gasteiger charge is 2.31. The van der Waals surface area contributed by atoms with Gasteiger partial charge in [-0.2, -0.15) is 0 Å². The predicted octanol–water partition coefficient (Wildman–Crippen LogP) is 1.89. The Morgan fingerprint density at radius 2 is 2.30 bits per heavy atom. The Labute approximate surface area is 126 Å². The monoisotopic (exact) mass is 339 g/mol. The number of nitrogens with zero attached hydrogens (tertiary/aromatic N) is 1. The Kier molecular flexibility index (Phi) is 3.70. The Morgan fingerprint density at radius 1 is 1.50 bits per heavy atom. The number of carbonyl (C=O) groups excluding carboxylic acids is 1. The molecule has 6 heteroatoms. The summed E-state index contributed by atoms with van der Waals surface area (Å²) in [6.45, 7) is 4.54. The smallest absolute Gasteiger partial charge is 0.246 e. The van der Waals surface area contributed by atoms with E-state index < -0.39 is 0 Å². The summed E-state index contributed by atoms with van der Waals surface area (Å²) < 4.78 is 6.59. The second-order valence-electron chi connectivity index (χ2n) is 5.23. The summed E-state index contributed by atoms with van der Waals surface area (Å²) in [7, 11) is 1.80. The average molecular weight is 340 g/mol. The van der Waals surface area contributed by atoms with Crippen LogP contribution in [-0.4, -0.2) is 38.8 Å². The van der Waals surface area contributed by atoms with Gasteiger partial charge in [0, 0.05) is 28.8 Å². The topological polar surface area (TPSA) is 53.6 Å². The zero-order chi connectivity index (χ0) is 14.3. The van der Waals surface area contributed by atoms with E-state index in [0.29, 0.717) is 0 Å². The van der Waals surface area contributed by atoms with Crippen LogP contribution >= 0.6 is 15.9 Å². The third-order valence-corrected chi connectivity index (χ3v) is 4.46. The van der Waals surface area contributed by atoms with Crippen molar-refractivity contribution < 1.29 is 9.53 Å². The van der Waals surface area contributed by atoms with Crippen LogP contribution in [0.4, 0.5) is 11.4 Å². The minimum Gasteiger partial charge on any atom is -0.375 e. The summed E-state index contributed by atoms with van der Waals surface area (Å²) in [6.07, 6.45) is 0.226. The summed E-state index contributed by atoms with van der Waals surface area (Å²) in [5, 5.41) is 5.97. The minimum atomic E-state index is -0.265. The molecule has 2 N–H and O–H groups in total. The predicted molar refractivity (Wildman–Crippen MR) is 82.2 cm³/mol. The van der Waals surface area contributed by atoms with Crippen molar-refractivity contribution in [3.8, 4) is 0 Å². The molecule has 20 heavy (non-hydrogen) atoms. The van der Waals surface area contributed by atoms with E-state index in [1.165, 1.54) is 0 Å². The normalized spacial score (nSPS) is 25.6. The van der Waals surface area contributed by atoms with E-state index in [0.717, 1.165) is 41.1 Å². The number of amides is 1. The van der Waals surface area contributed by atoms with Crippen LogP contribution in [0.3, 0.4) is 0 Å². The van der Waals surface area contributed by atoms with E-state index in [9.17, 15) is 4.79 Å². The fraction of sp³-hybridized carbons (Fsp3) is 0.500. The van der Waals surface area contributed by atoms with Gasteiger partial charge in [-0.15, -0.1) is 0 Å². The third kappa shape index (κ3) is 2.32. The van der Waals surface area contributed by atoms with Crippen molar-refractivity contribution in [2.24, 2.45) is 0 Å². The van der Waals surface area contributed by atoms with Gasteiger partial charge in [0.05, 0.1) is 18.4 Å². The van der Waals surface area contributed by atoms with Crippen LogP contribution in [0.15, 0.2) is 16.6 Å². The zero-order valence-corrected chi connectivity index (χ0v) is 13.2. The second-order valence-corrected chi connectivity index (χ2v) is 6.08. The maximum atomic E-state index is 11.9. The highest BCUT2D eigenvalue weighted by molar-refractivity contribution is 9.10. The summed E-state index contributed by atoms with van der Waals surface area (Å²) in [6, 6.07) is 3.82. The quantitative estimate of drug-likeness (QED) is 0.863. The molecule has 0 spiro atoms. The number of halogens is 1. The molecule has 5 nitrogen and oxygen atoms in total. The van der Waals surface area contributed by atoms with Gasteiger partial charge in [0.25, 0.3) is 0 Å². The first kappa shape index (κ1) is 13.9. The molecule has 3 rings (SSSR count). The lowest BCUT2D eigenvalue weighted by Gasteiger charge is -2.33. The maximum absolute atomic E-state index is 11.9. The van der Waals surface area contributed by atoms with Crippen LogP contribution in [0.2, 0.25) is 0 Å². The van der Waals surface area contributed by atoms with Gasteiger partial charge >= 0.3 is 0 Å². The van der Waals surface area contributed by atoms with Crippen molar-refractivity contribution in [3.05, 3.63) is 22.2 Å². The van der Waals surface area contributed by atoms with Gasteiger partial charge in [0.1, 0.15) is 6.04 Å². The number of likely N-dealkylation sites (N-methyl/N-ethyl adjacent to an activating group) is 1. The molecule has 0 aromatic heterocycles. The van der Waals surface area contributed by atoms with E-state index in [-0.39, 0.29) is 18.1 Å². The Morgan fingerprint density at radius 3 is 3.00 bits per heavy atom. The molecule has 0 aliphatic carbocycles. The van der Waals surface area contributed by atoms with Crippen LogP contribution in [0.5, 0.6) is 0 Å². The van der Waals surface area contributed by atoms with Gasteiger partial charge in [-0.1, -0.05) is 0 Å². The fourth-order valence-corrected chi connectivity index (χ4v) is 3.45. The van der Waals surface area contributed by atoms with Crippen LogP contribution < -0.4 is 15.5 Å². The van der Waals surface area contributed by atoms with Crippen molar-refractivity contribution in [3.63, 3.8) is 0 Å². The lowest BCUT2D eigenvalue weighted by molar-refractivity contribution is -0.117. The van der Waals surface area contributed by atoms with Crippen LogP contribution in [-0.2, 0) is 9.53 Å². The van der Waals surface area contributed by atoms with E-state index in [4.69, 9.17) is 4.74 Å². The van der Waals surface area contributed by atoms with Gasteiger partial charge in [-0.3, -0.25) is 4.79 Å². The van der Waals surface area contributed by atoms with Gasteiger partial charge in [0.2, 0.25) is 5.91 Å². The molecular formula is C14H18BrN3O2. The molecule has 0 radical (unpaired) electrons. The number of morpholine rings is 1.